The molecule has 172 valence electrons. The average Bonchev–Trinajstić information content (AvgIpc) is 3.02. The lowest BCUT2D eigenvalue weighted by atomic mass is 9.86. The molecule has 0 aliphatic carbocycles. The lowest BCUT2D eigenvalue weighted by molar-refractivity contribution is 0.0172. The normalized spacial score (nSPS) is 19.4. The molecule has 0 N–H and O–H groups in total. The van der Waals surface area contributed by atoms with Crippen molar-refractivity contribution in [3.05, 3.63) is 65.2 Å². The Balaban J connectivity index is 1.39. The molecule has 4 rings (SSSR count). The quantitative estimate of drug-likeness (QED) is 0.681. The number of aryl methyl sites for hydroxylation is 1. The van der Waals surface area contributed by atoms with E-state index in [2.05, 4.69) is 45.0 Å². The van der Waals surface area contributed by atoms with Crippen molar-refractivity contribution in [3.8, 4) is 0 Å². The van der Waals surface area contributed by atoms with Crippen LogP contribution in [0.5, 0.6) is 0 Å². The number of rotatable bonds is 4. The van der Waals surface area contributed by atoms with Gasteiger partial charge in [-0.2, -0.15) is 4.31 Å². The first kappa shape index (κ1) is 22.8. The summed E-state index contributed by atoms with van der Waals surface area (Å²) in [5, 5.41) is 0. The van der Waals surface area contributed by atoms with E-state index in [1.54, 1.807) is 17.0 Å². The summed E-state index contributed by atoms with van der Waals surface area (Å²) in [6.45, 7) is 10.1. The van der Waals surface area contributed by atoms with Gasteiger partial charge in [0.1, 0.15) is 5.60 Å². The molecule has 0 aromatic heterocycles. The van der Waals surface area contributed by atoms with Crippen LogP contribution in [0.1, 0.15) is 50.3 Å². The highest BCUT2D eigenvalue weighted by Gasteiger charge is 2.48. The first-order chi connectivity index (χ1) is 15.0. The molecule has 0 radical (unpaired) electrons. The Morgan fingerprint density at radius 1 is 0.969 bits per heavy atom. The standard InChI is InChI=1S/C25H32N2O4S/c1-19-5-11-22(12-6-19)32(29,30)27-15-13-25(14-16-27)18-26(23(28)31-25)17-20-7-9-21(10-8-20)24(2,3)4/h5-12H,13-18H2,1-4H3. The van der Waals surface area contributed by atoms with Gasteiger partial charge in [0, 0.05) is 32.5 Å². The number of carbonyl (C=O) groups excluding carboxylic acids is 1. The van der Waals surface area contributed by atoms with Gasteiger partial charge < -0.3 is 4.74 Å². The number of amides is 1. The van der Waals surface area contributed by atoms with Gasteiger partial charge in [0.15, 0.2) is 0 Å². The van der Waals surface area contributed by atoms with E-state index in [-0.39, 0.29) is 11.5 Å². The third-order valence-corrected chi connectivity index (χ3v) is 8.44. The second-order valence-corrected chi connectivity index (χ2v) is 12.0. The van der Waals surface area contributed by atoms with Crippen LogP contribution in [0.25, 0.3) is 0 Å². The van der Waals surface area contributed by atoms with Crippen LogP contribution in [-0.4, -0.2) is 49.0 Å². The van der Waals surface area contributed by atoms with Gasteiger partial charge in [0.2, 0.25) is 10.0 Å². The Morgan fingerprint density at radius 3 is 2.12 bits per heavy atom. The minimum Gasteiger partial charge on any atom is -0.441 e. The van der Waals surface area contributed by atoms with Crippen molar-refractivity contribution in [2.24, 2.45) is 0 Å². The first-order valence-electron chi connectivity index (χ1n) is 11.1. The molecule has 1 spiro atoms. The molecular weight excluding hydrogens is 424 g/mol. The smallest absolute Gasteiger partial charge is 0.410 e. The molecule has 7 heteroatoms. The molecule has 32 heavy (non-hydrogen) atoms. The van der Waals surface area contributed by atoms with Gasteiger partial charge in [0.05, 0.1) is 11.4 Å². The zero-order valence-electron chi connectivity index (χ0n) is 19.3. The number of ether oxygens (including phenoxy) is 1. The van der Waals surface area contributed by atoms with Crippen LogP contribution >= 0.6 is 0 Å². The van der Waals surface area contributed by atoms with E-state index >= 15 is 0 Å². The van der Waals surface area contributed by atoms with Crippen LogP contribution in [0.3, 0.4) is 0 Å². The summed E-state index contributed by atoms with van der Waals surface area (Å²) < 4.78 is 33.3. The molecule has 2 aromatic rings. The molecule has 2 fully saturated rings. The van der Waals surface area contributed by atoms with Crippen LogP contribution in [-0.2, 0) is 26.7 Å². The topological polar surface area (TPSA) is 66.9 Å². The van der Waals surface area contributed by atoms with Gasteiger partial charge in [-0.1, -0.05) is 62.7 Å². The van der Waals surface area contributed by atoms with Crippen LogP contribution in [0, 0.1) is 6.92 Å². The van der Waals surface area contributed by atoms with Gasteiger partial charge >= 0.3 is 6.09 Å². The van der Waals surface area contributed by atoms with Crippen molar-refractivity contribution < 1.29 is 17.9 Å². The number of hydrogen-bond donors (Lipinski definition) is 0. The number of hydrogen-bond acceptors (Lipinski definition) is 4. The van der Waals surface area contributed by atoms with E-state index in [1.165, 1.54) is 9.87 Å². The lowest BCUT2D eigenvalue weighted by Crippen LogP contribution is -2.48. The molecule has 2 heterocycles. The highest BCUT2D eigenvalue weighted by Crippen LogP contribution is 2.35. The monoisotopic (exact) mass is 456 g/mol. The molecule has 2 aliphatic rings. The van der Waals surface area contributed by atoms with Crippen molar-refractivity contribution in [3.63, 3.8) is 0 Å². The van der Waals surface area contributed by atoms with Crippen LogP contribution in [0.4, 0.5) is 4.79 Å². The molecule has 0 atom stereocenters. The van der Waals surface area contributed by atoms with Crippen LogP contribution < -0.4 is 0 Å². The number of nitrogens with zero attached hydrogens (tertiary/aromatic N) is 2. The predicted molar refractivity (Wildman–Crippen MR) is 124 cm³/mol. The number of carbonyl (C=O) groups is 1. The second-order valence-electron chi connectivity index (χ2n) is 10.1. The van der Waals surface area contributed by atoms with E-state index in [1.807, 2.05) is 19.1 Å². The maximum atomic E-state index is 13.0. The van der Waals surface area contributed by atoms with Gasteiger partial charge in [0.25, 0.3) is 0 Å². The van der Waals surface area contributed by atoms with E-state index < -0.39 is 15.6 Å². The molecular formula is C25H32N2O4S. The zero-order valence-corrected chi connectivity index (χ0v) is 20.1. The van der Waals surface area contributed by atoms with E-state index in [9.17, 15) is 13.2 Å². The minimum atomic E-state index is -3.54. The SMILES string of the molecule is Cc1ccc(S(=O)(=O)N2CCC3(CC2)CN(Cc2ccc(C(C)(C)C)cc2)C(=O)O3)cc1. The van der Waals surface area contributed by atoms with Gasteiger partial charge in [-0.05, 0) is 35.6 Å². The molecule has 0 unspecified atom stereocenters. The molecule has 2 aliphatic heterocycles. The van der Waals surface area contributed by atoms with Crippen molar-refractivity contribution >= 4 is 16.1 Å². The number of benzene rings is 2. The zero-order chi connectivity index (χ0) is 23.1. The maximum absolute atomic E-state index is 13.0. The van der Waals surface area contributed by atoms with Crippen molar-refractivity contribution in [1.82, 2.24) is 9.21 Å². The van der Waals surface area contributed by atoms with E-state index in [4.69, 9.17) is 4.74 Å². The van der Waals surface area contributed by atoms with Gasteiger partial charge in [-0.15, -0.1) is 0 Å². The van der Waals surface area contributed by atoms with Crippen LogP contribution in [0.15, 0.2) is 53.4 Å². The summed E-state index contributed by atoms with van der Waals surface area (Å²) in [7, 11) is -3.54. The largest absolute Gasteiger partial charge is 0.441 e. The van der Waals surface area contributed by atoms with Gasteiger partial charge in [-0.3, -0.25) is 4.90 Å². The summed E-state index contributed by atoms with van der Waals surface area (Å²) in [5.74, 6) is 0. The highest BCUT2D eigenvalue weighted by molar-refractivity contribution is 7.89. The fraction of sp³-hybridized carbons (Fsp3) is 0.480. The summed E-state index contributed by atoms with van der Waals surface area (Å²) in [5.41, 5.74) is 2.81. The van der Waals surface area contributed by atoms with Crippen molar-refractivity contribution in [2.75, 3.05) is 19.6 Å². The third-order valence-electron chi connectivity index (χ3n) is 6.53. The minimum absolute atomic E-state index is 0.0854. The molecule has 0 bridgehead atoms. The Hall–Kier alpha value is -2.38. The number of sulfonamides is 1. The molecule has 6 nitrogen and oxygen atoms in total. The fourth-order valence-electron chi connectivity index (χ4n) is 4.40. The summed E-state index contributed by atoms with van der Waals surface area (Å²) >= 11 is 0. The Kier molecular flexibility index (Phi) is 5.84. The molecule has 2 aromatic carbocycles. The molecule has 0 saturated carbocycles. The molecule has 1 amide bonds. The summed E-state index contributed by atoms with van der Waals surface area (Å²) in [6, 6.07) is 15.3. The van der Waals surface area contributed by atoms with E-state index in [0.717, 1.165) is 11.1 Å². The number of piperidine rings is 1. The Bertz CT molecular complexity index is 1080. The summed E-state index contributed by atoms with van der Waals surface area (Å²) in [6.07, 6.45) is 0.687. The Labute approximate surface area is 191 Å². The van der Waals surface area contributed by atoms with Gasteiger partial charge in [-0.25, -0.2) is 13.2 Å². The maximum Gasteiger partial charge on any atom is 0.410 e. The fourth-order valence-corrected chi connectivity index (χ4v) is 5.84. The lowest BCUT2D eigenvalue weighted by Gasteiger charge is -2.36. The molecule has 2 saturated heterocycles. The second kappa shape index (κ2) is 8.19. The van der Waals surface area contributed by atoms with Crippen molar-refractivity contribution in [1.29, 1.82) is 0 Å². The average molecular weight is 457 g/mol. The van der Waals surface area contributed by atoms with Crippen LogP contribution in [0.2, 0.25) is 0 Å². The summed E-state index contributed by atoms with van der Waals surface area (Å²) in [4.78, 5) is 14.6. The Morgan fingerprint density at radius 2 is 1.56 bits per heavy atom. The van der Waals surface area contributed by atoms with Crippen molar-refractivity contribution in [2.45, 2.75) is 63.0 Å². The highest BCUT2D eigenvalue weighted by atomic mass is 32.2. The third kappa shape index (κ3) is 4.55. The van der Waals surface area contributed by atoms with E-state index in [0.29, 0.717) is 43.9 Å². The first-order valence-corrected chi connectivity index (χ1v) is 12.6. The predicted octanol–water partition coefficient (Wildman–Crippen LogP) is 4.47.